The average molecular weight is 468 g/mol. The van der Waals surface area contributed by atoms with Gasteiger partial charge in [0.2, 0.25) is 5.91 Å². The molecule has 0 spiro atoms. The molecule has 3 rings (SSSR count). The molecule has 0 saturated carbocycles. The summed E-state index contributed by atoms with van der Waals surface area (Å²) in [6, 6.07) is 9.65. The van der Waals surface area contributed by atoms with Crippen molar-refractivity contribution in [2.75, 3.05) is 7.05 Å². The Bertz CT molecular complexity index is 1090. The summed E-state index contributed by atoms with van der Waals surface area (Å²) in [6.45, 7) is 1.74. The Kier molecular flexibility index (Phi) is 7.41. The van der Waals surface area contributed by atoms with Gasteiger partial charge in [0, 0.05) is 24.6 Å². The summed E-state index contributed by atoms with van der Waals surface area (Å²) in [4.78, 5) is 11.7. The molecule has 0 aliphatic heterocycles. The third-order valence-corrected chi connectivity index (χ3v) is 5.44. The average Bonchev–Trinajstić information content (AvgIpc) is 3.18. The molecular formula is C21H20F4N4O2S. The zero-order valence-electron chi connectivity index (χ0n) is 17.2. The molecular weight excluding hydrogens is 448 g/mol. The Balaban J connectivity index is 1.84. The van der Waals surface area contributed by atoms with Crippen LogP contribution in [0.25, 0.3) is 10.6 Å². The number of rotatable bonds is 8. The third-order valence-electron chi connectivity index (χ3n) is 4.36. The Morgan fingerprint density at radius 3 is 2.62 bits per heavy atom. The molecule has 2 aromatic carbocycles. The lowest BCUT2D eigenvalue weighted by Gasteiger charge is -2.15. The molecule has 0 aliphatic rings. The Morgan fingerprint density at radius 2 is 1.97 bits per heavy atom. The fourth-order valence-electron chi connectivity index (χ4n) is 3.05. The van der Waals surface area contributed by atoms with E-state index in [1.165, 1.54) is 31.2 Å². The summed E-state index contributed by atoms with van der Waals surface area (Å²) in [6.07, 6.45) is -4.54. The number of hydrogen-bond acceptors (Lipinski definition) is 6. The first-order valence-electron chi connectivity index (χ1n) is 9.53. The van der Waals surface area contributed by atoms with Crippen LogP contribution in [0.2, 0.25) is 0 Å². The van der Waals surface area contributed by atoms with Gasteiger partial charge in [0.25, 0.3) is 0 Å². The minimum absolute atomic E-state index is 0.266. The van der Waals surface area contributed by atoms with Crippen molar-refractivity contribution in [3.8, 4) is 16.3 Å². The topological polar surface area (TPSA) is 76.1 Å². The van der Waals surface area contributed by atoms with E-state index in [1.807, 2.05) is 0 Å². The number of carbonyl (C=O) groups is 1. The van der Waals surface area contributed by atoms with Crippen LogP contribution in [0.15, 0.2) is 42.5 Å². The largest absolute Gasteiger partial charge is 0.573 e. The van der Waals surface area contributed by atoms with E-state index in [4.69, 9.17) is 0 Å². The highest BCUT2D eigenvalue weighted by Gasteiger charge is 2.31. The molecule has 32 heavy (non-hydrogen) atoms. The smallest absolute Gasteiger partial charge is 0.406 e. The number of nitrogens with one attached hydrogen (secondary N) is 2. The highest BCUT2D eigenvalue weighted by molar-refractivity contribution is 7.14. The van der Waals surface area contributed by atoms with Crippen molar-refractivity contribution in [2.24, 2.45) is 0 Å². The standard InChI is InChI=1S/C21H20F4N4O2S/c1-12(30)27-18(9-13-6-7-15(11-26-2)17(22)8-13)20-29-28-19(32-20)14-4-3-5-16(10-14)31-21(23,24)25/h3-8,10,18,26H,9,11H2,1-2H3,(H,27,30). The van der Waals surface area contributed by atoms with E-state index in [2.05, 4.69) is 25.6 Å². The first-order chi connectivity index (χ1) is 15.1. The lowest BCUT2D eigenvalue weighted by Crippen LogP contribution is -2.27. The van der Waals surface area contributed by atoms with Gasteiger partial charge in [-0.1, -0.05) is 35.6 Å². The first kappa shape index (κ1) is 23.6. The molecule has 1 atom stereocenters. The fraction of sp³-hybridized carbons (Fsp3) is 0.286. The minimum Gasteiger partial charge on any atom is -0.406 e. The van der Waals surface area contributed by atoms with Crippen LogP contribution in [-0.2, 0) is 17.8 Å². The van der Waals surface area contributed by atoms with Gasteiger partial charge in [0.05, 0.1) is 6.04 Å². The number of aromatic nitrogens is 2. The van der Waals surface area contributed by atoms with Gasteiger partial charge in [0.1, 0.15) is 21.6 Å². The Morgan fingerprint density at radius 1 is 1.19 bits per heavy atom. The van der Waals surface area contributed by atoms with Crippen molar-refractivity contribution in [3.63, 3.8) is 0 Å². The first-order valence-corrected chi connectivity index (χ1v) is 10.3. The van der Waals surface area contributed by atoms with Crippen molar-refractivity contribution in [1.82, 2.24) is 20.8 Å². The van der Waals surface area contributed by atoms with Gasteiger partial charge in [-0.25, -0.2) is 4.39 Å². The number of benzene rings is 2. The number of nitrogens with zero attached hydrogens (tertiary/aromatic N) is 2. The molecule has 2 N–H and O–H groups in total. The molecule has 0 saturated heterocycles. The summed E-state index contributed by atoms with van der Waals surface area (Å²) < 4.78 is 55.7. The second-order valence-corrected chi connectivity index (χ2v) is 7.94. The predicted molar refractivity (Wildman–Crippen MR) is 111 cm³/mol. The molecule has 170 valence electrons. The second kappa shape index (κ2) is 10.0. The maximum atomic E-state index is 14.3. The van der Waals surface area contributed by atoms with Crippen LogP contribution in [0.5, 0.6) is 5.75 Å². The number of carbonyl (C=O) groups excluding carboxylic acids is 1. The van der Waals surface area contributed by atoms with Crippen molar-refractivity contribution < 1.29 is 27.1 Å². The van der Waals surface area contributed by atoms with Crippen LogP contribution >= 0.6 is 11.3 Å². The minimum atomic E-state index is -4.81. The van der Waals surface area contributed by atoms with Gasteiger partial charge >= 0.3 is 6.36 Å². The molecule has 1 amide bonds. The molecule has 11 heteroatoms. The van der Waals surface area contributed by atoms with E-state index in [9.17, 15) is 22.4 Å². The van der Waals surface area contributed by atoms with Crippen molar-refractivity contribution >= 4 is 17.2 Å². The molecule has 0 fully saturated rings. The summed E-state index contributed by atoms with van der Waals surface area (Å²) >= 11 is 1.12. The van der Waals surface area contributed by atoms with E-state index in [-0.39, 0.29) is 23.9 Å². The normalized spacial score (nSPS) is 12.4. The molecule has 1 unspecified atom stereocenters. The maximum absolute atomic E-state index is 14.3. The Hall–Kier alpha value is -3.05. The van der Waals surface area contributed by atoms with Crippen LogP contribution in [0.3, 0.4) is 0 Å². The van der Waals surface area contributed by atoms with E-state index >= 15 is 0 Å². The fourth-order valence-corrected chi connectivity index (χ4v) is 3.94. The highest BCUT2D eigenvalue weighted by Crippen LogP contribution is 2.32. The van der Waals surface area contributed by atoms with Gasteiger partial charge in [-0.2, -0.15) is 0 Å². The highest BCUT2D eigenvalue weighted by atomic mass is 32.1. The number of amides is 1. The van der Waals surface area contributed by atoms with Gasteiger partial charge in [-0.05, 0) is 37.2 Å². The number of ether oxygens (including phenoxy) is 1. The molecule has 0 aliphatic carbocycles. The number of halogens is 4. The lowest BCUT2D eigenvalue weighted by molar-refractivity contribution is -0.274. The monoisotopic (exact) mass is 468 g/mol. The van der Waals surface area contributed by atoms with Crippen LogP contribution < -0.4 is 15.4 Å². The molecule has 0 radical (unpaired) electrons. The van der Waals surface area contributed by atoms with E-state index in [1.54, 1.807) is 25.2 Å². The Labute approximate surface area is 185 Å². The molecule has 1 heterocycles. The van der Waals surface area contributed by atoms with Crippen LogP contribution in [0, 0.1) is 5.82 Å². The maximum Gasteiger partial charge on any atom is 0.573 e. The summed E-state index contributed by atoms with van der Waals surface area (Å²) in [5.41, 5.74) is 1.56. The summed E-state index contributed by atoms with van der Waals surface area (Å²) in [5, 5.41) is 14.6. The van der Waals surface area contributed by atoms with Crippen molar-refractivity contribution in [2.45, 2.75) is 32.3 Å². The molecule has 6 nitrogen and oxygen atoms in total. The number of hydrogen-bond donors (Lipinski definition) is 2. The van der Waals surface area contributed by atoms with Crippen LogP contribution in [0.4, 0.5) is 17.6 Å². The van der Waals surface area contributed by atoms with E-state index in [0.29, 0.717) is 33.3 Å². The van der Waals surface area contributed by atoms with Gasteiger partial charge < -0.3 is 15.4 Å². The van der Waals surface area contributed by atoms with Gasteiger partial charge in [0.15, 0.2) is 0 Å². The third kappa shape index (κ3) is 6.47. The van der Waals surface area contributed by atoms with Crippen LogP contribution in [-0.4, -0.2) is 29.5 Å². The van der Waals surface area contributed by atoms with Crippen molar-refractivity contribution in [1.29, 1.82) is 0 Å². The SMILES string of the molecule is CNCc1ccc(CC(NC(C)=O)c2nnc(-c3cccc(OC(F)(F)F)c3)s2)cc1F. The second-order valence-electron chi connectivity index (χ2n) is 6.93. The molecule has 1 aromatic heterocycles. The van der Waals surface area contributed by atoms with E-state index in [0.717, 1.165) is 11.3 Å². The van der Waals surface area contributed by atoms with E-state index < -0.39 is 12.4 Å². The van der Waals surface area contributed by atoms with Crippen LogP contribution in [0.1, 0.15) is 29.1 Å². The zero-order valence-corrected chi connectivity index (χ0v) is 18.0. The van der Waals surface area contributed by atoms with Gasteiger partial charge in [-0.15, -0.1) is 23.4 Å². The molecule has 3 aromatic rings. The summed E-state index contributed by atoms with van der Waals surface area (Å²) in [5.74, 6) is -1.04. The number of alkyl halides is 3. The summed E-state index contributed by atoms with van der Waals surface area (Å²) in [7, 11) is 1.72. The quantitative estimate of drug-likeness (QED) is 0.480. The van der Waals surface area contributed by atoms with Crippen molar-refractivity contribution in [3.05, 3.63) is 64.4 Å². The predicted octanol–water partition coefficient (Wildman–Crippen LogP) is 4.38. The van der Waals surface area contributed by atoms with Gasteiger partial charge in [-0.3, -0.25) is 4.79 Å². The lowest BCUT2D eigenvalue weighted by atomic mass is 10.0. The zero-order chi connectivity index (χ0) is 23.3. The molecule has 0 bridgehead atoms.